The van der Waals surface area contributed by atoms with E-state index >= 15 is 0 Å². The molecule has 12 nitrogen and oxygen atoms in total. The molecule has 3 amide bonds. The summed E-state index contributed by atoms with van der Waals surface area (Å²) in [6.45, 7) is 0. The van der Waals surface area contributed by atoms with E-state index in [4.69, 9.17) is 17.3 Å². The summed E-state index contributed by atoms with van der Waals surface area (Å²) in [6, 6.07) is 2.75. The standard InChI is InChI=1S/C29H26ClF3N4O8/c1-37(2)17-9-16(36-27(44)35-15-4-3-12(30)8-14(15)29(31,32)33)22(39)20-13(17)6-10-5-11-7-18(38)21(26(34)43)25(42)28(11,45)24(41)19(10)23(20)40/h3-4,8-11,19,21,39,45H,5-7H2,1-2H3,(H2,34,43)(H2,35,36,44)/t10-,11+,19?,21?,28+/m1/s1. The van der Waals surface area contributed by atoms with Crippen molar-refractivity contribution >= 4 is 63.7 Å². The van der Waals surface area contributed by atoms with Crippen LogP contribution in [0.3, 0.4) is 0 Å². The number of rotatable bonds is 4. The number of alkyl halides is 3. The summed E-state index contributed by atoms with van der Waals surface area (Å²) in [7, 11) is 3.17. The molecule has 238 valence electrons. The number of Topliss-reactive ketones (excluding diaryl/α,β-unsaturated/α-hetero) is 4. The molecule has 3 aliphatic rings. The van der Waals surface area contributed by atoms with Gasteiger partial charge in [0.2, 0.25) is 5.91 Å². The zero-order valence-corrected chi connectivity index (χ0v) is 24.4. The molecule has 0 heterocycles. The number of nitrogens with zero attached hydrogens (tertiary/aromatic N) is 1. The molecule has 16 heteroatoms. The highest BCUT2D eigenvalue weighted by Crippen LogP contribution is 2.52. The van der Waals surface area contributed by atoms with Crippen LogP contribution in [0.4, 0.5) is 35.0 Å². The number of carbonyl (C=O) groups excluding carboxylic acids is 6. The van der Waals surface area contributed by atoms with Gasteiger partial charge in [-0.2, -0.15) is 13.2 Å². The fourth-order valence-corrected chi connectivity index (χ4v) is 6.82. The Morgan fingerprint density at radius 3 is 2.29 bits per heavy atom. The summed E-state index contributed by atoms with van der Waals surface area (Å²) in [6.07, 6.45) is -5.49. The van der Waals surface area contributed by atoms with Crippen LogP contribution in [0.5, 0.6) is 5.75 Å². The Hall–Kier alpha value is -4.50. The third-order valence-corrected chi connectivity index (χ3v) is 8.88. The molecule has 2 fully saturated rings. The average Bonchev–Trinajstić information content (AvgIpc) is 2.92. The molecule has 0 spiro atoms. The highest BCUT2D eigenvalue weighted by molar-refractivity contribution is 6.32. The van der Waals surface area contributed by atoms with Gasteiger partial charge in [-0.05, 0) is 48.6 Å². The van der Waals surface area contributed by atoms with E-state index in [2.05, 4.69) is 5.32 Å². The number of anilines is 3. The summed E-state index contributed by atoms with van der Waals surface area (Å²) in [4.78, 5) is 79.5. The number of amides is 3. The van der Waals surface area contributed by atoms with E-state index in [9.17, 15) is 52.2 Å². The number of phenols is 1. The Morgan fingerprint density at radius 1 is 1.04 bits per heavy atom. The molecule has 2 saturated carbocycles. The number of primary amides is 1. The molecule has 5 rings (SSSR count). The lowest BCUT2D eigenvalue weighted by Gasteiger charge is -2.48. The number of aliphatic hydroxyl groups is 1. The second-order valence-corrected chi connectivity index (χ2v) is 12.0. The molecular weight excluding hydrogens is 625 g/mol. The molecule has 0 aromatic heterocycles. The van der Waals surface area contributed by atoms with Gasteiger partial charge < -0.3 is 31.5 Å². The molecular formula is C29H26ClF3N4O8. The highest BCUT2D eigenvalue weighted by atomic mass is 35.5. The smallest absolute Gasteiger partial charge is 0.418 e. The van der Waals surface area contributed by atoms with E-state index in [1.165, 1.54) is 6.07 Å². The van der Waals surface area contributed by atoms with Crippen LogP contribution in [-0.4, -0.2) is 65.0 Å². The first-order chi connectivity index (χ1) is 20.9. The minimum absolute atomic E-state index is 0.0149. The average molecular weight is 651 g/mol. The lowest BCUT2D eigenvalue weighted by Crippen LogP contribution is -2.68. The maximum Gasteiger partial charge on any atom is 0.418 e. The van der Waals surface area contributed by atoms with Crippen molar-refractivity contribution in [3.05, 3.63) is 46.0 Å². The third-order valence-electron chi connectivity index (χ3n) is 8.64. The molecule has 5 atom stereocenters. The fraction of sp³-hybridized carbons (Fsp3) is 0.379. The van der Waals surface area contributed by atoms with Crippen LogP contribution >= 0.6 is 11.6 Å². The molecule has 0 bridgehead atoms. The Labute approximate surface area is 257 Å². The minimum atomic E-state index is -4.87. The number of hydrogen-bond donors (Lipinski definition) is 5. The van der Waals surface area contributed by atoms with Crippen molar-refractivity contribution in [2.75, 3.05) is 29.6 Å². The van der Waals surface area contributed by atoms with Crippen molar-refractivity contribution in [2.24, 2.45) is 29.4 Å². The number of ketones is 4. The monoisotopic (exact) mass is 650 g/mol. The number of urea groups is 1. The second kappa shape index (κ2) is 10.8. The Morgan fingerprint density at radius 2 is 1.69 bits per heavy atom. The van der Waals surface area contributed by atoms with Gasteiger partial charge in [-0.25, -0.2) is 4.79 Å². The normalized spacial score (nSPS) is 26.0. The number of carbonyl (C=O) groups is 6. The maximum absolute atomic E-state index is 13.9. The molecule has 2 aromatic carbocycles. The van der Waals surface area contributed by atoms with Crippen LogP contribution in [0.25, 0.3) is 0 Å². The molecule has 45 heavy (non-hydrogen) atoms. The topological polar surface area (TPSA) is 196 Å². The summed E-state index contributed by atoms with van der Waals surface area (Å²) in [5.41, 5.74) is 0.261. The first-order valence-corrected chi connectivity index (χ1v) is 13.9. The SMILES string of the molecule is CN(C)c1cc(NC(=O)Nc2ccc(Cl)cc2C(F)(F)F)c(O)c2c1C[C@H]1C[C@H]3CC(=O)C(C(N)=O)C(=O)[C@@]3(O)C(=O)C1C2=O. The Balaban J connectivity index is 1.52. The molecule has 2 aromatic rings. The van der Waals surface area contributed by atoms with Crippen LogP contribution in [-0.2, 0) is 31.8 Å². The van der Waals surface area contributed by atoms with E-state index in [1.807, 2.05) is 5.32 Å². The zero-order chi connectivity index (χ0) is 33.3. The predicted molar refractivity (Wildman–Crippen MR) is 152 cm³/mol. The van der Waals surface area contributed by atoms with Gasteiger partial charge in [0.15, 0.2) is 34.7 Å². The van der Waals surface area contributed by atoms with Crippen LogP contribution in [0.1, 0.15) is 34.3 Å². The minimum Gasteiger partial charge on any atom is -0.505 e. The van der Waals surface area contributed by atoms with Crippen LogP contribution in [0, 0.1) is 23.7 Å². The van der Waals surface area contributed by atoms with Gasteiger partial charge in [-0.15, -0.1) is 0 Å². The number of nitrogens with one attached hydrogen (secondary N) is 2. The predicted octanol–water partition coefficient (Wildman–Crippen LogP) is 2.71. The number of fused-ring (bicyclic) bond motifs is 3. The van der Waals surface area contributed by atoms with Crippen LogP contribution in [0.15, 0.2) is 24.3 Å². The Kier molecular flexibility index (Phi) is 7.69. The molecule has 0 aliphatic heterocycles. The summed E-state index contributed by atoms with van der Waals surface area (Å²) >= 11 is 5.69. The summed E-state index contributed by atoms with van der Waals surface area (Å²) in [5.74, 6) is -12.3. The van der Waals surface area contributed by atoms with E-state index in [1.54, 1.807) is 19.0 Å². The lowest BCUT2D eigenvalue weighted by atomic mass is 9.53. The van der Waals surface area contributed by atoms with Gasteiger partial charge in [0.05, 0.1) is 28.4 Å². The van der Waals surface area contributed by atoms with E-state index < -0.39 is 105 Å². The van der Waals surface area contributed by atoms with Crippen molar-refractivity contribution in [3.63, 3.8) is 0 Å². The number of aromatic hydroxyl groups is 1. The van der Waals surface area contributed by atoms with Crippen LogP contribution in [0.2, 0.25) is 5.02 Å². The van der Waals surface area contributed by atoms with Crippen molar-refractivity contribution in [1.29, 1.82) is 0 Å². The largest absolute Gasteiger partial charge is 0.505 e. The number of hydrogen-bond acceptors (Lipinski definition) is 9. The van der Waals surface area contributed by atoms with Crippen molar-refractivity contribution in [1.82, 2.24) is 0 Å². The molecule has 6 N–H and O–H groups in total. The van der Waals surface area contributed by atoms with Crippen molar-refractivity contribution < 1.29 is 52.2 Å². The zero-order valence-electron chi connectivity index (χ0n) is 23.6. The van der Waals surface area contributed by atoms with Crippen molar-refractivity contribution in [3.8, 4) is 5.75 Å². The quantitative estimate of drug-likeness (QED) is 0.244. The second-order valence-electron chi connectivity index (χ2n) is 11.5. The van der Waals surface area contributed by atoms with Gasteiger partial charge in [0.25, 0.3) is 0 Å². The van der Waals surface area contributed by atoms with Gasteiger partial charge in [0.1, 0.15) is 5.75 Å². The van der Waals surface area contributed by atoms with E-state index in [-0.39, 0.29) is 23.4 Å². The number of benzene rings is 2. The van der Waals surface area contributed by atoms with Crippen LogP contribution < -0.4 is 21.3 Å². The molecule has 0 saturated heterocycles. The number of nitrogens with two attached hydrogens (primary N) is 1. The first-order valence-electron chi connectivity index (χ1n) is 13.6. The number of halogens is 4. The highest BCUT2D eigenvalue weighted by Gasteiger charge is 2.66. The Bertz CT molecular complexity index is 1710. The summed E-state index contributed by atoms with van der Waals surface area (Å²) in [5, 5.41) is 26.6. The van der Waals surface area contributed by atoms with Gasteiger partial charge >= 0.3 is 12.2 Å². The lowest BCUT2D eigenvalue weighted by molar-refractivity contribution is -0.175. The van der Waals surface area contributed by atoms with E-state index in [0.717, 1.165) is 12.1 Å². The molecule has 3 aliphatic carbocycles. The molecule has 0 radical (unpaired) electrons. The maximum atomic E-state index is 13.9. The number of phenolic OH excluding ortho intramolecular Hbond substituents is 1. The summed E-state index contributed by atoms with van der Waals surface area (Å²) < 4.78 is 40.6. The first kappa shape index (κ1) is 31.9. The molecule has 2 unspecified atom stereocenters. The van der Waals surface area contributed by atoms with Gasteiger partial charge in [0, 0.05) is 37.1 Å². The van der Waals surface area contributed by atoms with Gasteiger partial charge in [-0.3, -0.25) is 24.0 Å². The fourth-order valence-electron chi connectivity index (χ4n) is 6.65. The van der Waals surface area contributed by atoms with E-state index in [0.29, 0.717) is 11.8 Å². The third kappa shape index (κ3) is 5.09. The van der Waals surface area contributed by atoms with Gasteiger partial charge in [-0.1, -0.05) is 11.6 Å². The van der Waals surface area contributed by atoms with Crippen molar-refractivity contribution in [2.45, 2.75) is 31.0 Å².